The van der Waals surface area contributed by atoms with Crippen molar-refractivity contribution in [3.05, 3.63) is 29.8 Å². The molecule has 0 radical (unpaired) electrons. The third-order valence-electron chi connectivity index (χ3n) is 5.18. The second-order valence-electron chi connectivity index (χ2n) is 7.73. The van der Waals surface area contributed by atoms with Crippen LogP contribution in [0.1, 0.15) is 51.0 Å². The first-order chi connectivity index (χ1) is 11.6. The van der Waals surface area contributed by atoms with Gasteiger partial charge in [-0.05, 0) is 61.8 Å². The van der Waals surface area contributed by atoms with Crippen molar-refractivity contribution in [1.82, 2.24) is 10.2 Å². The van der Waals surface area contributed by atoms with Crippen LogP contribution in [0.3, 0.4) is 0 Å². The Hall–Kier alpha value is -1.39. The minimum Gasteiger partial charge on any atom is -0.325 e. The van der Waals surface area contributed by atoms with Crippen molar-refractivity contribution in [2.24, 2.45) is 5.92 Å². The molecule has 3 rings (SSSR count). The van der Waals surface area contributed by atoms with Crippen LogP contribution in [0.4, 0.5) is 5.69 Å². The quantitative estimate of drug-likeness (QED) is 0.807. The molecule has 1 saturated heterocycles. The largest absolute Gasteiger partial charge is 0.325 e. The van der Waals surface area contributed by atoms with Gasteiger partial charge in [0.25, 0.3) is 0 Å². The van der Waals surface area contributed by atoms with Crippen LogP contribution >= 0.6 is 0 Å². The normalized spacial score (nSPS) is 19.6. The van der Waals surface area contributed by atoms with Gasteiger partial charge >= 0.3 is 0 Å². The Morgan fingerprint density at radius 3 is 2.62 bits per heavy atom. The van der Waals surface area contributed by atoms with Crippen molar-refractivity contribution in [3.63, 3.8) is 0 Å². The van der Waals surface area contributed by atoms with Crippen molar-refractivity contribution in [3.8, 4) is 0 Å². The minimum absolute atomic E-state index is 0.0975. The fourth-order valence-electron chi connectivity index (χ4n) is 3.33. The molecule has 2 N–H and O–H groups in total. The number of likely N-dealkylation sites (tertiary alicyclic amines) is 1. The van der Waals surface area contributed by atoms with Gasteiger partial charge in [0, 0.05) is 24.8 Å². The fraction of sp³-hybridized carbons (Fsp3) is 0.650. The van der Waals surface area contributed by atoms with E-state index in [0.717, 1.165) is 37.5 Å². The summed E-state index contributed by atoms with van der Waals surface area (Å²) < 4.78 is 0. The van der Waals surface area contributed by atoms with Gasteiger partial charge < -0.3 is 10.6 Å². The Morgan fingerprint density at radius 2 is 1.96 bits per heavy atom. The van der Waals surface area contributed by atoms with Crippen molar-refractivity contribution >= 4 is 11.6 Å². The number of carbonyl (C=O) groups is 1. The van der Waals surface area contributed by atoms with E-state index in [1.54, 1.807) is 0 Å². The van der Waals surface area contributed by atoms with Gasteiger partial charge in [0.15, 0.2) is 0 Å². The fourth-order valence-corrected chi connectivity index (χ4v) is 3.33. The molecule has 2 fully saturated rings. The van der Waals surface area contributed by atoms with Crippen molar-refractivity contribution < 1.29 is 4.79 Å². The topological polar surface area (TPSA) is 44.4 Å². The molecular formula is C20H31N3O. The highest BCUT2D eigenvalue weighted by atomic mass is 16.2. The highest BCUT2D eigenvalue weighted by Crippen LogP contribution is 2.28. The number of hydrogen-bond acceptors (Lipinski definition) is 3. The molecule has 1 saturated carbocycles. The highest BCUT2D eigenvalue weighted by Gasteiger charge is 2.24. The first-order valence-electron chi connectivity index (χ1n) is 9.45. The summed E-state index contributed by atoms with van der Waals surface area (Å²) >= 11 is 0. The zero-order valence-electron chi connectivity index (χ0n) is 15.1. The van der Waals surface area contributed by atoms with Gasteiger partial charge in [0.2, 0.25) is 5.91 Å². The van der Waals surface area contributed by atoms with E-state index in [4.69, 9.17) is 0 Å². The average molecular weight is 329 g/mol. The summed E-state index contributed by atoms with van der Waals surface area (Å²) in [6, 6.07) is 8.82. The molecule has 1 aromatic carbocycles. The van der Waals surface area contributed by atoms with Crippen molar-refractivity contribution in [2.75, 3.05) is 31.5 Å². The van der Waals surface area contributed by atoms with Crippen LogP contribution in [0.2, 0.25) is 0 Å². The summed E-state index contributed by atoms with van der Waals surface area (Å²) in [5.41, 5.74) is 2.17. The molecule has 2 aliphatic rings. The maximum absolute atomic E-state index is 12.3. The second kappa shape index (κ2) is 8.13. The summed E-state index contributed by atoms with van der Waals surface area (Å²) in [5.74, 6) is 1.51. The van der Waals surface area contributed by atoms with E-state index in [1.165, 1.54) is 24.9 Å². The maximum Gasteiger partial charge on any atom is 0.238 e. The number of nitrogens with one attached hydrogen (secondary N) is 2. The van der Waals surface area contributed by atoms with E-state index in [2.05, 4.69) is 41.5 Å². The average Bonchev–Trinajstić information content (AvgIpc) is 3.39. The van der Waals surface area contributed by atoms with Gasteiger partial charge in [0.05, 0.1) is 6.54 Å². The van der Waals surface area contributed by atoms with E-state index in [9.17, 15) is 4.79 Å². The number of hydrogen-bond donors (Lipinski definition) is 2. The third kappa shape index (κ3) is 5.32. The molecule has 1 amide bonds. The molecule has 132 valence electrons. The number of nitrogens with zero attached hydrogens (tertiary/aromatic N) is 1. The number of amides is 1. The summed E-state index contributed by atoms with van der Waals surface area (Å²) in [6.07, 6.45) is 5.12. The van der Waals surface area contributed by atoms with Crippen molar-refractivity contribution in [1.29, 1.82) is 0 Å². The van der Waals surface area contributed by atoms with Crippen LogP contribution in [0, 0.1) is 5.92 Å². The molecule has 0 spiro atoms. The molecule has 1 aliphatic heterocycles. The highest BCUT2D eigenvalue weighted by molar-refractivity contribution is 5.92. The van der Waals surface area contributed by atoms with Crippen LogP contribution in [0.25, 0.3) is 0 Å². The van der Waals surface area contributed by atoms with Crippen molar-refractivity contribution in [2.45, 2.75) is 51.5 Å². The summed E-state index contributed by atoms with van der Waals surface area (Å²) in [5, 5.41) is 6.73. The van der Waals surface area contributed by atoms with Crippen LogP contribution in [0.15, 0.2) is 24.3 Å². The van der Waals surface area contributed by atoms with Gasteiger partial charge in [-0.1, -0.05) is 26.0 Å². The Labute approximate surface area is 146 Å². The SMILES string of the molecule is CC(C)c1cccc(NC(=O)CN2CCC(NCC3CC3)CC2)c1. The maximum atomic E-state index is 12.3. The molecule has 0 unspecified atom stereocenters. The molecule has 1 heterocycles. The lowest BCUT2D eigenvalue weighted by Gasteiger charge is -2.32. The Kier molecular flexibility index (Phi) is 5.90. The number of piperidine rings is 1. The van der Waals surface area contributed by atoms with Gasteiger partial charge in [-0.2, -0.15) is 0 Å². The Bertz CT molecular complexity index is 546. The predicted molar refractivity (Wildman–Crippen MR) is 99.3 cm³/mol. The Balaban J connectivity index is 1.40. The summed E-state index contributed by atoms with van der Waals surface area (Å²) in [4.78, 5) is 14.6. The molecule has 4 heteroatoms. The number of carbonyl (C=O) groups excluding carboxylic acids is 1. The van der Waals surface area contributed by atoms with Crippen LogP contribution in [0.5, 0.6) is 0 Å². The van der Waals surface area contributed by atoms with E-state index in [0.29, 0.717) is 18.5 Å². The smallest absolute Gasteiger partial charge is 0.238 e. The predicted octanol–water partition coefficient (Wildman–Crippen LogP) is 3.21. The zero-order chi connectivity index (χ0) is 16.9. The van der Waals surface area contributed by atoms with Crippen LogP contribution in [-0.2, 0) is 4.79 Å². The monoisotopic (exact) mass is 329 g/mol. The lowest BCUT2D eigenvalue weighted by atomic mass is 10.0. The molecule has 24 heavy (non-hydrogen) atoms. The van der Waals surface area contributed by atoms with Gasteiger partial charge in [0.1, 0.15) is 0 Å². The van der Waals surface area contributed by atoms with E-state index in [-0.39, 0.29) is 5.91 Å². The van der Waals surface area contributed by atoms with E-state index in [1.807, 2.05) is 12.1 Å². The van der Waals surface area contributed by atoms with Gasteiger partial charge in [-0.25, -0.2) is 0 Å². The lowest BCUT2D eigenvalue weighted by molar-refractivity contribution is -0.117. The van der Waals surface area contributed by atoms with Crippen LogP contribution < -0.4 is 10.6 Å². The standard InChI is InChI=1S/C20H31N3O/c1-15(2)17-4-3-5-19(12-17)22-20(24)14-23-10-8-18(9-11-23)21-13-16-6-7-16/h3-5,12,15-16,18,21H,6-11,13-14H2,1-2H3,(H,22,24). The molecular weight excluding hydrogens is 298 g/mol. The van der Waals surface area contributed by atoms with Crippen LogP contribution in [-0.4, -0.2) is 43.0 Å². The molecule has 4 nitrogen and oxygen atoms in total. The number of rotatable bonds is 7. The second-order valence-corrected chi connectivity index (χ2v) is 7.73. The summed E-state index contributed by atoms with van der Waals surface area (Å²) in [6.45, 7) is 8.06. The molecule has 1 aromatic rings. The lowest BCUT2D eigenvalue weighted by Crippen LogP contribution is -2.45. The first kappa shape index (κ1) is 17.4. The molecule has 1 aliphatic carbocycles. The first-order valence-corrected chi connectivity index (χ1v) is 9.45. The van der Waals surface area contributed by atoms with E-state index >= 15 is 0 Å². The van der Waals surface area contributed by atoms with E-state index < -0.39 is 0 Å². The number of benzene rings is 1. The van der Waals surface area contributed by atoms with Gasteiger partial charge in [-0.3, -0.25) is 9.69 Å². The molecule has 0 atom stereocenters. The number of anilines is 1. The van der Waals surface area contributed by atoms with Gasteiger partial charge in [-0.15, -0.1) is 0 Å². The minimum atomic E-state index is 0.0975. The summed E-state index contributed by atoms with van der Waals surface area (Å²) in [7, 11) is 0. The molecule has 0 aromatic heterocycles. The Morgan fingerprint density at radius 1 is 1.21 bits per heavy atom. The molecule has 0 bridgehead atoms. The third-order valence-corrected chi connectivity index (χ3v) is 5.18. The zero-order valence-corrected chi connectivity index (χ0v) is 15.1.